The molecule has 0 saturated carbocycles. The van der Waals surface area contributed by atoms with Crippen LogP contribution in [0.5, 0.6) is 0 Å². The molecule has 0 radical (unpaired) electrons. The molecule has 28 heavy (non-hydrogen) atoms. The lowest BCUT2D eigenvalue weighted by Crippen LogP contribution is -2.32. The van der Waals surface area contributed by atoms with E-state index in [0.717, 1.165) is 5.56 Å². The van der Waals surface area contributed by atoms with Gasteiger partial charge < -0.3 is 23.8 Å². The minimum absolute atomic E-state index is 0.150. The third-order valence-corrected chi connectivity index (χ3v) is 5.56. The van der Waals surface area contributed by atoms with Gasteiger partial charge in [-0.1, -0.05) is 0 Å². The van der Waals surface area contributed by atoms with Crippen molar-refractivity contribution in [1.29, 1.82) is 0 Å². The van der Waals surface area contributed by atoms with Crippen LogP contribution in [0, 0.1) is 0 Å². The van der Waals surface area contributed by atoms with E-state index in [-0.39, 0.29) is 5.91 Å². The number of aliphatic hydroxyl groups is 1. The van der Waals surface area contributed by atoms with E-state index in [1.165, 1.54) is 17.8 Å². The van der Waals surface area contributed by atoms with Gasteiger partial charge in [-0.25, -0.2) is 14.4 Å². The number of anilines is 1. The Morgan fingerprint density at radius 3 is 2.96 bits per heavy atom. The molecule has 2 aliphatic heterocycles. The summed E-state index contributed by atoms with van der Waals surface area (Å²) in [5.74, 6) is 0.312. The summed E-state index contributed by atoms with van der Waals surface area (Å²) in [4.78, 5) is 31.1. The van der Waals surface area contributed by atoms with Gasteiger partial charge in [-0.05, 0) is 18.4 Å². The van der Waals surface area contributed by atoms with E-state index in [0.29, 0.717) is 36.2 Å². The molecule has 2 N–H and O–H groups in total. The molecule has 0 spiro atoms. The fourth-order valence-electron chi connectivity index (χ4n) is 3.89. The highest BCUT2D eigenvalue weighted by Gasteiger charge is 2.48. The first-order valence-corrected chi connectivity index (χ1v) is 10.1. The number of ether oxygens (including phenoxy) is 1. The molecule has 2 aromatic heterocycles. The van der Waals surface area contributed by atoms with E-state index in [1.807, 2.05) is 0 Å². The van der Waals surface area contributed by atoms with Crippen molar-refractivity contribution in [3.63, 3.8) is 0 Å². The zero-order chi connectivity index (χ0) is 20.0. The number of nitrogens with zero attached hydrogens (tertiary/aromatic N) is 4. The fourth-order valence-corrected chi connectivity index (χ4v) is 4.41. The lowest BCUT2D eigenvalue weighted by atomic mass is 10.1. The van der Waals surface area contributed by atoms with E-state index in [2.05, 4.69) is 9.97 Å². The number of aliphatic hydroxyl groups excluding tert-OH is 1. The molecule has 0 bridgehead atoms. The van der Waals surface area contributed by atoms with Crippen molar-refractivity contribution in [2.45, 2.75) is 44.4 Å². The van der Waals surface area contributed by atoms with Crippen molar-refractivity contribution in [3.05, 3.63) is 18.1 Å². The Labute approximate surface area is 159 Å². The van der Waals surface area contributed by atoms with Crippen LogP contribution in [0.25, 0.3) is 11.0 Å². The molecule has 0 aliphatic carbocycles. The molecule has 2 aromatic rings. The van der Waals surface area contributed by atoms with Crippen LogP contribution in [-0.2, 0) is 25.0 Å². The van der Waals surface area contributed by atoms with E-state index in [4.69, 9.17) is 14.2 Å². The molecule has 2 aliphatic rings. The van der Waals surface area contributed by atoms with Crippen molar-refractivity contribution in [2.75, 3.05) is 18.1 Å². The number of aryl methyl sites for hydroxylation is 1. The lowest BCUT2D eigenvalue weighted by molar-refractivity contribution is -0.116. The predicted molar refractivity (Wildman–Crippen MR) is 95.9 cm³/mol. The summed E-state index contributed by atoms with van der Waals surface area (Å²) in [6, 6.07) is 0. The third-order valence-electron chi connectivity index (χ3n) is 5.09. The number of halogens is 1. The van der Waals surface area contributed by atoms with Crippen molar-refractivity contribution in [1.82, 2.24) is 14.5 Å². The van der Waals surface area contributed by atoms with Gasteiger partial charge in [-0.2, -0.15) is 0 Å². The van der Waals surface area contributed by atoms with Crippen LogP contribution in [0.4, 0.5) is 10.2 Å². The molecule has 1 fully saturated rings. The maximum absolute atomic E-state index is 15.1. The van der Waals surface area contributed by atoms with Gasteiger partial charge in [-0.3, -0.25) is 14.3 Å². The number of carbonyl (C=O) groups is 1. The second kappa shape index (κ2) is 7.49. The Balaban J connectivity index is 1.80. The van der Waals surface area contributed by atoms with E-state index in [1.54, 1.807) is 11.1 Å². The first kappa shape index (κ1) is 19.4. The smallest absolute Gasteiger partial charge is 0.317 e. The van der Waals surface area contributed by atoms with E-state index in [9.17, 15) is 14.5 Å². The van der Waals surface area contributed by atoms with Crippen LogP contribution in [0.3, 0.4) is 0 Å². The van der Waals surface area contributed by atoms with Crippen LogP contribution in [0.15, 0.2) is 12.5 Å². The second-order valence-corrected chi connectivity index (χ2v) is 7.54. The Morgan fingerprint density at radius 1 is 1.50 bits per heavy atom. The van der Waals surface area contributed by atoms with Crippen LogP contribution in [0.2, 0.25) is 0 Å². The molecule has 4 heterocycles. The first-order valence-electron chi connectivity index (χ1n) is 8.85. The Hall–Kier alpha value is -1.91. The standard InChI is InChI=1S/C16H20FN4O6P/c1-8(23)20-4-2-3-9-5-21(15-11(9)14(20)18-7-19-15)16-12(17)13(27-28(24)25)10(6-22)26-16/h5,7,10,12-13,16,22,28H,2-4,6H2,1H3,(H,24,25)/t10-,12+,13-,16-/m1/s1. The molecule has 5 atom stereocenters. The highest BCUT2D eigenvalue weighted by atomic mass is 31.1. The summed E-state index contributed by atoms with van der Waals surface area (Å²) in [6.07, 6.45) is -1.13. The first-order chi connectivity index (χ1) is 13.4. The van der Waals surface area contributed by atoms with Crippen LogP contribution in [0.1, 0.15) is 25.1 Å². The van der Waals surface area contributed by atoms with Gasteiger partial charge in [0.15, 0.2) is 12.4 Å². The zero-order valence-corrected chi connectivity index (χ0v) is 16.0. The number of amides is 1. The van der Waals surface area contributed by atoms with Crippen LogP contribution in [-0.4, -0.2) is 62.0 Å². The summed E-state index contributed by atoms with van der Waals surface area (Å²) in [5, 5.41) is 10.1. The molecule has 0 aromatic carbocycles. The maximum Gasteiger partial charge on any atom is 0.317 e. The molecule has 1 unspecified atom stereocenters. The number of hydrogen-bond acceptors (Lipinski definition) is 7. The Kier molecular flexibility index (Phi) is 5.19. The maximum atomic E-state index is 15.1. The van der Waals surface area contributed by atoms with Crippen molar-refractivity contribution < 1.29 is 33.0 Å². The quantitative estimate of drug-likeness (QED) is 0.701. The minimum Gasteiger partial charge on any atom is -0.394 e. The van der Waals surface area contributed by atoms with Crippen LogP contribution >= 0.6 is 8.25 Å². The number of alkyl halides is 1. The summed E-state index contributed by atoms with van der Waals surface area (Å²) in [7, 11) is -3.42. The van der Waals surface area contributed by atoms with Gasteiger partial charge >= 0.3 is 8.25 Å². The molecule has 1 amide bonds. The molecule has 10 nitrogen and oxygen atoms in total. The number of aromatic nitrogens is 3. The van der Waals surface area contributed by atoms with Crippen LogP contribution < -0.4 is 4.90 Å². The molecular formula is C16H20FN4O6P. The Morgan fingerprint density at radius 2 is 2.29 bits per heavy atom. The number of carbonyl (C=O) groups excluding carboxylic acids is 1. The van der Waals surface area contributed by atoms with E-state index >= 15 is 4.39 Å². The van der Waals surface area contributed by atoms with Crippen molar-refractivity contribution in [3.8, 4) is 0 Å². The monoisotopic (exact) mass is 414 g/mol. The van der Waals surface area contributed by atoms with Crippen molar-refractivity contribution in [2.24, 2.45) is 0 Å². The molecule has 12 heteroatoms. The topological polar surface area (TPSA) is 127 Å². The molecule has 1 saturated heterocycles. The zero-order valence-electron chi connectivity index (χ0n) is 15.0. The summed E-state index contributed by atoms with van der Waals surface area (Å²) >= 11 is 0. The van der Waals surface area contributed by atoms with Gasteiger partial charge in [-0.15, -0.1) is 0 Å². The molecule has 4 rings (SSSR count). The van der Waals surface area contributed by atoms with Gasteiger partial charge in [0.05, 0.1) is 12.0 Å². The number of rotatable bonds is 4. The van der Waals surface area contributed by atoms with Crippen molar-refractivity contribution >= 4 is 31.0 Å². The lowest BCUT2D eigenvalue weighted by Gasteiger charge is -2.20. The molecule has 152 valence electrons. The largest absolute Gasteiger partial charge is 0.394 e. The van der Waals surface area contributed by atoms with E-state index < -0.39 is 39.5 Å². The third kappa shape index (κ3) is 3.13. The number of hydrogen-bond donors (Lipinski definition) is 2. The summed E-state index contributed by atoms with van der Waals surface area (Å²) in [5.41, 5.74) is 1.24. The SMILES string of the molecule is CC(=O)N1CCCc2cn([C@@H]3O[C@H](CO)[C@@H](O[PH](=O)O)[C@@H]3F)c3ncnc1c23. The van der Waals surface area contributed by atoms with Gasteiger partial charge in [0.2, 0.25) is 5.91 Å². The predicted octanol–water partition coefficient (Wildman–Crippen LogP) is 0.725. The minimum atomic E-state index is -3.42. The highest BCUT2D eigenvalue weighted by Crippen LogP contribution is 2.41. The van der Waals surface area contributed by atoms with Gasteiger partial charge in [0.25, 0.3) is 0 Å². The highest BCUT2D eigenvalue weighted by molar-refractivity contribution is 7.32. The Bertz CT molecular complexity index is 939. The second-order valence-electron chi connectivity index (χ2n) is 6.77. The summed E-state index contributed by atoms with van der Waals surface area (Å²) in [6.45, 7) is 1.41. The molecular weight excluding hydrogens is 394 g/mol. The van der Waals surface area contributed by atoms with Gasteiger partial charge in [0.1, 0.15) is 30.0 Å². The normalized spacial score (nSPS) is 28.5. The average molecular weight is 414 g/mol. The fraction of sp³-hybridized carbons (Fsp3) is 0.562. The average Bonchev–Trinajstić information content (AvgIpc) is 3.09. The van der Waals surface area contributed by atoms with Gasteiger partial charge in [0, 0.05) is 19.7 Å². The summed E-state index contributed by atoms with van der Waals surface area (Å²) < 4.78 is 37.9.